The number of rotatable bonds is 6. The Hall–Kier alpha value is -3.34. The topological polar surface area (TPSA) is 75.6 Å². The Kier molecular flexibility index (Phi) is 6.17. The summed E-state index contributed by atoms with van der Waals surface area (Å²) in [6, 6.07) is 18.1. The van der Waals surface area contributed by atoms with Crippen LogP contribution in [0.2, 0.25) is 0 Å². The summed E-state index contributed by atoms with van der Waals surface area (Å²) in [5, 5.41) is 14.7. The molecule has 29 heavy (non-hydrogen) atoms. The molecular weight excluding hydrogens is 366 g/mol. The van der Waals surface area contributed by atoms with E-state index in [9.17, 15) is 14.7 Å². The number of carbonyl (C=O) groups is 2. The molecule has 150 valence electrons. The van der Waals surface area contributed by atoms with Gasteiger partial charge in [0.1, 0.15) is 11.3 Å². The lowest BCUT2D eigenvalue weighted by molar-refractivity contribution is -0.123. The van der Waals surface area contributed by atoms with E-state index in [1.165, 1.54) is 13.0 Å². The fourth-order valence-electron chi connectivity index (χ4n) is 3.16. The van der Waals surface area contributed by atoms with Crippen LogP contribution in [0.4, 0.5) is 5.69 Å². The molecule has 0 radical (unpaired) electrons. The number of aromatic hydroxyl groups is 1. The van der Waals surface area contributed by atoms with Crippen molar-refractivity contribution in [2.75, 3.05) is 5.32 Å². The van der Waals surface area contributed by atoms with Crippen LogP contribution in [0.25, 0.3) is 10.8 Å². The standard InChI is InChI=1S/C24H25NO4/c1-4-15(2)19-11-7-8-12-21(19)25-23(27)16(3)29-24(28)20-13-17-9-5-6-10-18(17)14-22(20)26/h5-16,26H,4H2,1-3H3,(H,25,27)/t15-,16+/m1/s1. The van der Waals surface area contributed by atoms with Crippen molar-refractivity contribution in [3.05, 3.63) is 71.8 Å². The summed E-state index contributed by atoms with van der Waals surface area (Å²) in [6.07, 6.45) is -0.0723. The van der Waals surface area contributed by atoms with Gasteiger partial charge in [-0.1, -0.05) is 56.3 Å². The number of anilines is 1. The van der Waals surface area contributed by atoms with Crippen molar-refractivity contribution in [2.24, 2.45) is 0 Å². The second-order valence-electron chi connectivity index (χ2n) is 7.15. The van der Waals surface area contributed by atoms with Crippen LogP contribution < -0.4 is 5.32 Å². The summed E-state index contributed by atoms with van der Waals surface area (Å²) >= 11 is 0. The monoisotopic (exact) mass is 391 g/mol. The third-order valence-electron chi connectivity index (χ3n) is 5.10. The van der Waals surface area contributed by atoms with Gasteiger partial charge in [-0.05, 0) is 53.8 Å². The molecule has 0 aliphatic heterocycles. The lowest BCUT2D eigenvalue weighted by Crippen LogP contribution is -2.30. The number of benzene rings is 3. The number of nitrogens with one attached hydrogen (secondary N) is 1. The van der Waals surface area contributed by atoms with E-state index in [-0.39, 0.29) is 11.3 Å². The molecule has 0 aliphatic carbocycles. The van der Waals surface area contributed by atoms with Gasteiger partial charge < -0.3 is 15.2 Å². The van der Waals surface area contributed by atoms with Crippen molar-refractivity contribution < 1.29 is 19.4 Å². The maximum Gasteiger partial charge on any atom is 0.342 e. The predicted octanol–water partition coefficient (Wildman–Crippen LogP) is 5.24. The number of fused-ring (bicyclic) bond motifs is 1. The Bertz CT molecular complexity index is 1040. The summed E-state index contributed by atoms with van der Waals surface area (Å²) in [6.45, 7) is 5.69. The third kappa shape index (κ3) is 4.57. The first-order chi connectivity index (χ1) is 13.9. The Morgan fingerprint density at radius 1 is 1.00 bits per heavy atom. The van der Waals surface area contributed by atoms with Crippen LogP contribution in [0, 0.1) is 0 Å². The van der Waals surface area contributed by atoms with Crippen molar-refractivity contribution in [3.63, 3.8) is 0 Å². The van der Waals surface area contributed by atoms with Crippen molar-refractivity contribution >= 4 is 28.3 Å². The molecule has 0 aliphatic rings. The maximum atomic E-state index is 12.6. The van der Waals surface area contributed by atoms with Crippen molar-refractivity contribution in [2.45, 2.75) is 39.2 Å². The molecule has 3 aromatic carbocycles. The van der Waals surface area contributed by atoms with Crippen LogP contribution >= 0.6 is 0 Å². The fourth-order valence-corrected chi connectivity index (χ4v) is 3.16. The van der Waals surface area contributed by atoms with Crippen LogP contribution in [0.1, 0.15) is 49.0 Å². The largest absolute Gasteiger partial charge is 0.507 e. The van der Waals surface area contributed by atoms with Gasteiger partial charge in [0.2, 0.25) is 0 Å². The summed E-state index contributed by atoms with van der Waals surface area (Å²) in [4.78, 5) is 25.1. The summed E-state index contributed by atoms with van der Waals surface area (Å²) in [5.41, 5.74) is 1.78. The van der Waals surface area contributed by atoms with Crippen LogP contribution in [-0.4, -0.2) is 23.1 Å². The second-order valence-corrected chi connectivity index (χ2v) is 7.15. The maximum absolute atomic E-state index is 12.6. The molecule has 0 spiro atoms. The number of para-hydroxylation sites is 1. The molecule has 2 atom stereocenters. The Balaban J connectivity index is 1.73. The van der Waals surface area contributed by atoms with Gasteiger partial charge in [-0.3, -0.25) is 4.79 Å². The molecule has 2 N–H and O–H groups in total. The molecule has 0 bridgehead atoms. The van der Waals surface area contributed by atoms with E-state index >= 15 is 0 Å². The van der Waals surface area contributed by atoms with Crippen LogP contribution in [0.15, 0.2) is 60.7 Å². The minimum Gasteiger partial charge on any atom is -0.507 e. The first-order valence-electron chi connectivity index (χ1n) is 9.73. The number of carbonyl (C=O) groups excluding carboxylic acids is 2. The van der Waals surface area contributed by atoms with E-state index < -0.39 is 18.0 Å². The molecule has 0 saturated heterocycles. The fraction of sp³-hybridized carbons (Fsp3) is 0.250. The van der Waals surface area contributed by atoms with Gasteiger partial charge in [0.05, 0.1) is 0 Å². The highest BCUT2D eigenvalue weighted by Gasteiger charge is 2.22. The molecule has 1 amide bonds. The highest BCUT2D eigenvalue weighted by atomic mass is 16.5. The van der Waals surface area contributed by atoms with Crippen LogP contribution in [-0.2, 0) is 9.53 Å². The molecule has 5 heteroatoms. The minimum absolute atomic E-state index is 0.0309. The zero-order valence-electron chi connectivity index (χ0n) is 16.8. The zero-order chi connectivity index (χ0) is 21.0. The van der Waals surface area contributed by atoms with E-state index in [0.29, 0.717) is 11.6 Å². The summed E-state index contributed by atoms with van der Waals surface area (Å²) in [7, 11) is 0. The molecule has 3 aromatic rings. The first kappa shape index (κ1) is 20.4. The Morgan fingerprint density at radius 2 is 1.62 bits per heavy atom. The van der Waals surface area contributed by atoms with Gasteiger partial charge in [0.15, 0.2) is 6.10 Å². The lowest BCUT2D eigenvalue weighted by atomic mass is 9.97. The van der Waals surface area contributed by atoms with Crippen LogP contribution in [0.5, 0.6) is 5.75 Å². The normalized spacial score (nSPS) is 12.9. The molecular formula is C24H25NO4. The minimum atomic E-state index is -1.02. The highest BCUT2D eigenvalue weighted by molar-refractivity contribution is 6.01. The number of amides is 1. The van der Waals surface area contributed by atoms with Gasteiger partial charge in [0.25, 0.3) is 5.91 Å². The number of hydrogen-bond donors (Lipinski definition) is 2. The molecule has 5 nitrogen and oxygen atoms in total. The van der Waals surface area contributed by atoms with Crippen molar-refractivity contribution in [1.82, 2.24) is 0 Å². The van der Waals surface area contributed by atoms with E-state index in [1.807, 2.05) is 48.5 Å². The van der Waals surface area contributed by atoms with Gasteiger partial charge in [0, 0.05) is 5.69 Å². The number of hydrogen-bond acceptors (Lipinski definition) is 4. The molecule has 0 fully saturated rings. The quantitative estimate of drug-likeness (QED) is 0.563. The Morgan fingerprint density at radius 3 is 2.31 bits per heavy atom. The number of esters is 1. The smallest absolute Gasteiger partial charge is 0.342 e. The first-order valence-corrected chi connectivity index (χ1v) is 9.73. The zero-order valence-corrected chi connectivity index (χ0v) is 16.8. The van der Waals surface area contributed by atoms with Gasteiger partial charge >= 0.3 is 5.97 Å². The van der Waals surface area contributed by atoms with E-state index in [0.717, 1.165) is 22.8 Å². The lowest BCUT2D eigenvalue weighted by Gasteiger charge is -2.18. The highest BCUT2D eigenvalue weighted by Crippen LogP contribution is 2.28. The molecule has 0 heterocycles. The summed E-state index contributed by atoms with van der Waals surface area (Å²) in [5.74, 6) is -1.05. The van der Waals surface area contributed by atoms with Gasteiger partial charge in [-0.2, -0.15) is 0 Å². The Labute approximate surface area is 170 Å². The average molecular weight is 391 g/mol. The van der Waals surface area contributed by atoms with E-state index in [2.05, 4.69) is 19.2 Å². The van der Waals surface area contributed by atoms with Gasteiger partial charge in [-0.15, -0.1) is 0 Å². The number of phenols is 1. The number of phenolic OH excluding ortho intramolecular Hbond substituents is 1. The van der Waals surface area contributed by atoms with E-state index in [4.69, 9.17) is 4.74 Å². The van der Waals surface area contributed by atoms with E-state index in [1.54, 1.807) is 6.07 Å². The second kappa shape index (κ2) is 8.78. The average Bonchev–Trinajstić information content (AvgIpc) is 2.72. The van der Waals surface area contributed by atoms with Crippen LogP contribution in [0.3, 0.4) is 0 Å². The van der Waals surface area contributed by atoms with Crippen molar-refractivity contribution in [3.8, 4) is 5.75 Å². The predicted molar refractivity (Wildman–Crippen MR) is 114 cm³/mol. The molecule has 3 rings (SSSR count). The van der Waals surface area contributed by atoms with Gasteiger partial charge in [-0.25, -0.2) is 4.79 Å². The molecule has 0 aromatic heterocycles. The SMILES string of the molecule is CC[C@@H](C)c1ccccc1NC(=O)[C@H](C)OC(=O)c1cc2ccccc2cc1O. The van der Waals surface area contributed by atoms with Crippen molar-refractivity contribution in [1.29, 1.82) is 0 Å². The molecule has 0 saturated carbocycles. The molecule has 0 unspecified atom stereocenters. The third-order valence-corrected chi connectivity index (χ3v) is 5.10. The number of ether oxygens (including phenoxy) is 1. The summed E-state index contributed by atoms with van der Waals surface area (Å²) < 4.78 is 5.32.